The van der Waals surface area contributed by atoms with Crippen LogP contribution in [0.15, 0.2) is 41.3 Å². The second-order valence-corrected chi connectivity index (χ2v) is 8.06. The van der Waals surface area contributed by atoms with Crippen LogP contribution < -0.4 is 9.47 Å². The first kappa shape index (κ1) is 18.5. The highest BCUT2D eigenvalue weighted by molar-refractivity contribution is 7.85. The molecule has 0 bridgehead atoms. The summed E-state index contributed by atoms with van der Waals surface area (Å²) in [5, 5.41) is 1.03. The number of ether oxygens (including phenoxy) is 2. The summed E-state index contributed by atoms with van der Waals surface area (Å²) in [4.78, 5) is 2.82. The van der Waals surface area contributed by atoms with Crippen LogP contribution in [0.3, 0.4) is 0 Å². The molecule has 0 saturated heterocycles. The smallest absolute Gasteiger partial charge is 0.231 e. The van der Waals surface area contributed by atoms with Gasteiger partial charge in [-0.25, -0.2) is 0 Å². The summed E-state index contributed by atoms with van der Waals surface area (Å²) in [5.74, 6) is 2.06. The Kier molecular flexibility index (Phi) is 6.23. The summed E-state index contributed by atoms with van der Waals surface area (Å²) in [7, 11) is -1.19. The zero-order chi connectivity index (χ0) is 17.8. The van der Waals surface area contributed by atoms with E-state index in [2.05, 4.69) is 11.8 Å². The summed E-state index contributed by atoms with van der Waals surface area (Å²) in [6.45, 7) is 4.67. The van der Waals surface area contributed by atoms with Crippen LogP contribution in [-0.4, -0.2) is 34.7 Å². The average molecular weight is 400 g/mol. The van der Waals surface area contributed by atoms with Gasteiger partial charge in [-0.2, -0.15) is 0 Å². The van der Waals surface area contributed by atoms with Crippen molar-refractivity contribution < 1.29 is 13.7 Å². The molecule has 3 rings (SSSR count). The van der Waals surface area contributed by atoms with Gasteiger partial charge >= 0.3 is 0 Å². The second kappa shape index (κ2) is 8.41. The van der Waals surface area contributed by atoms with E-state index in [-0.39, 0.29) is 6.79 Å². The van der Waals surface area contributed by atoms with Gasteiger partial charge in [0.1, 0.15) is 0 Å². The minimum atomic E-state index is -1.19. The molecule has 7 heteroatoms. The van der Waals surface area contributed by atoms with E-state index in [1.54, 1.807) is 18.2 Å². The fraction of sp³-hybridized carbons (Fsp3) is 0.333. The first-order valence-corrected chi connectivity index (χ1v) is 10.1. The van der Waals surface area contributed by atoms with E-state index in [0.29, 0.717) is 27.2 Å². The fourth-order valence-corrected chi connectivity index (χ4v) is 4.42. The molecule has 0 aromatic heterocycles. The summed E-state index contributed by atoms with van der Waals surface area (Å²) in [5.41, 5.74) is 1.14. The van der Waals surface area contributed by atoms with Gasteiger partial charge in [-0.3, -0.25) is 9.11 Å². The van der Waals surface area contributed by atoms with Crippen LogP contribution in [0, 0.1) is 0 Å². The number of halogens is 2. The van der Waals surface area contributed by atoms with Crippen molar-refractivity contribution in [1.82, 2.24) is 4.90 Å². The molecule has 0 N–H and O–H groups in total. The van der Waals surface area contributed by atoms with Gasteiger partial charge in [-0.15, -0.1) is 0 Å². The monoisotopic (exact) mass is 399 g/mol. The zero-order valence-corrected chi connectivity index (χ0v) is 16.2. The highest BCUT2D eigenvalue weighted by Gasteiger charge is 2.15. The highest BCUT2D eigenvalue weighted by atomic mass is 35.5. The van der Waals surface area contributed by atoms with Gasteiger partial charge in [-0.1, -0.05) is 36.2 Å². The molecule has 25 heavy (non-hydrogen) atoms. The molecule has 0 amide bonds. The van der Waals surface area contributed by atoms with E-state index in [9.17, 15) is 4.21 Å². The number of hydrogen-bond acceptors (Lipinski definition) is 4. The molecule has 0 spiro atoms. The lowest BCUT2D eigenvalue weighted by molar-refractivity contribution is 0.174. The van der Waals surface area contributed by atoms with Crippen LogP contribution in [0.5, 0.6) is 11.5 Å². The Hall–Kier alpha value is -1.27. The third kappa shape index (κ3) is 4.67. The molecule has 0 saturated carbocycles. The Labute approximate surface area is 160 Å². The molecule has 0 aliphatic carbocycles. The number of hydrogen-bond donors (Lipinski definition) is 0. The molecule has 1 atom stereocenters. The predicted molar refractivity (Wildman–Crippen MR) is 101 cm³/mol. The van der Waals surface area contributed by atoms with Crippen molar-refractivity contribution in [3.8, 4) is 11.5 Å². The summed E-state index contributed by atoms with van der Waals surface area (Å²) < 4.78 is 23.3. The van der Waals surface area contributed by atoms with Crippen molar-refractivity contribution in [2.75, 3.05) is 25.6 Å². The molecule has 1 heterocycles. The average Bonchev–Trinajstić information content (AvgIpc) is 3.08. The Morgan fingerprint density at radius 3 is 2.72 bits per heavy atom. The lowest BCUT2D eigenvalue weighted by Gasteiger charge is -2.20. The van der Waals surface area contributed by atoms with Gasteiger partial charge in [0.05, 0.1) is 20.7 Å². The SMILES string of the molecule is CCN(CC[S@](=O)c1cc(Cl)ccc1Cl)Cc1ccc2c(c1)OCO2. The van der Waals surface area contributed by atoms with Crippen molar-refractivity contribution in [3.05, 3.63) is 52.0 Å². The normalized spacial score (nSPS) is 14.1. The van der Waals surface area contributed by atoms with Gasteiger partial charge in [0.2, 0.25) is 6.79 Å². The van der Waals surface area contributed by atoms with E-state index >= 15 is 0 Å². The molecule has 2 aromatic rings. The van der Waals surface area contributed by atoms with Crippen molar-refractivity contribution in [2.45, 2.75) is 18.4 Å². The Bertz CT molecular complexity index is 785. The first-order chi connectivity index (χ1) is 12.1. The second-order valence-electron chi connectivity index (χ2n) is 5.68. The van der Waals surface area contributed by atoms with Crippen molar-refractivity contribution >= 4 is 34.0 Å². The third-order valence-corrected chi connectivity index (χ3v) is 6.08. The topological polar surface area (TPSA) is 38.8 Å². The third-order valence-electron chi connectivity index (χ3n) is 4.02. The molecule has 4 nitrogen and oxygen atoms in total. The maximum atomic E-state index is 12.5. The summed E-state index contributed by atoms with van der Waals surface area (Å²) >= 11 is 12.1. The molecule has 1 aliphatic heterocycles. The lowest BCUT2D eigenvalue weighted by Crippen LogP contribution is -2.27. The first-order valence-electron chi connectivity index (χ1n) is 8.01. The fourth-order valence-electron chi connectivity index (χ4n) is 2.62. The van der Waals surface area contributed by atoms with Crippen LogP contribution in [0.2, 0.25) is 10.0 Å². The van der Waals surface area contributed by atoms with Gasteiger partial charge in [0.15, 0.2) is 11.5 Å². The minimum absolute atomic E-state index is 0.273. The van der Waals surface area contributed by atoms with Crippen LogP contribution in [0.4, 0.5) is 0 Å². The molecule has 0 unspecified atom stereocenters. The van der Waals surface area contributed by atoms with Gasteiger partial charge in [-0.05, 0) is 42.4 Å². The van der Waals surface area contributed by atoms with E-state index in [0.717, 1.165) is 30.2 Å². The number of benzene rings is 2. The van der Waals surface area contributed by atoms with Crippen molar-refractivity contribution in [3.63, 3.8) is 0 Å². The molecule has 2 aromatic carbocycles. The maximum absolute atomic E-state index is 12.5. The molecule has 0 radical (unpaired) electrons. The quantitative estimate of drug-likeness (QED) is 0.693. The van der Waals surface area contributed by atoms with Crippen molar-refractivity contribution in [2.24, 2.45) is 0 Å². The van der Waals surface area contributed by atoms with Crippen LogP contribution in [-0.2, 0) is 17.3 Å². The number of nitrogens with zero attached hydrogens (tertiary/aromatic N) is 1. The van der Waals surface area contributed by atoms with Crippen LogP contribution in [0.1, 0.15) is 12.5 Å². The highest BCUT2D eigenvalue weighted by Crippen LogP contribution is 2.32. The molecule has 134 valence electrons. The zero-order valence-electron chi connectivity index (χ0n) is 13.8. The van der Waals surface area contributed by atoms with Gasteiger partial charge < -0.3 is 9.47 Å². The van der Waals surface area contributed by atoms with E-state index in [1.165, 1.54) is 0 Å². The number of rotatable bonds is 7. The molecule has 0 fully saturated rings. The molecular weight excluding hydrogens is 381 g/mol. The Balaban J connectivity index is 1.60. The standard InChI is InChI=1S/C18H19Cl2NO3S/c1-2-21(11-13-3-6-16-17(9-13)24-12-23-16)7-8-25(22)18-10-14(19)4-5-15(18)20/h3-6,9-10H,2,7-8,11-12H2,1H3/t25-/m0/s1. The Morgan fingerprint density at radius 1 is 1.12 bits per heavy atom. The maximum Gasteiger partial charge on any atom is 0.231 e. The Morgan fingerprint density at radius 2 is 1.92 bits per heavy atom. The van der Waals surface area contributed by atoms with Crippen LogP contribution in [0.25, 0.3) is 0 Å². The van der Waals surface area contributed by atoms with Gasteiger partial charge in [0.25, 0.3) is 0 Å². The molecular formula is C18H19Cl2NO3S. The van der Waals surface area contributed by atoms with Crippen molar-refractivity contribution in [1.29, 1.82) is 0 Å². The lowest BCUT2D eigenvalue weighted by atomic mass is 10.2. The molecule has 1 aliphatic rings. The number of fused-ring (bicyclic) bond motifs is 1. The van der Waals surface area contributed by atoms with Gasteiger partial charge in [0, 0.05) is 23.9 Å². The summed E-state index contributed by atoms with van der Waals surface area (Å²) in [6, 6.07) is 11.0. The van der Waals surface area contributed by atoms with E-state index in [1.807, 2.05) is 18.2 Å². The largest absolute Gasteiger partial charge is 0.454 e. The predicted octanol–water partition coefficient (Wildman–Crippen LogP) is 4.35. The summed E-state index contributed by atoms with van der Waals surface area (Å²) in [6.07, 6.45) is 0. The van der Waals surface area contributed by atoms with Crippen LogP contribution >= 0.6 is 23.2 Å². The minimum Gasteiger partial charge on any atom is -0.454 e. The van der Waals surface area contributed by atoms with E-state index in [4.69, 9.17) is 32.7 Å². The van der Waals surface area contributed by atoms with E-state index < -0.39 is 10.8 Å².